The van der Waals surface area contributed by atoms with E-state index < -0.39 is 10.0 Å². The Morgan fingerprint density at radius 3 is 2.18 bits per heavy atom. The molecule has 4 rings (SSSR count). The minimum absolute atomic E-state index is 0.0664. The van der Waals surface area contributed by atoms with Crippen molar-refractivity contribution in [1.29, 1.82) is 0 Å². The van der Waals surface area contributed by atoms with Gasteiger partial charge in [-0.3, -0.25) is 4.79 Å². The average Bonchev–Trinajstić information content (AvgIpc) is 3.27. The molecule has 0 radical (unpaired) electrons. The number of nitrogens with zero attached hydrogens (tertiary/aromatic N) is 1. The number of sulfonamides is 1. The molecule has 1 amide bonds. The number of carbonyl (C=O) groups is 1. The summed E-state index contributed by atoms with van der Waals surface area (Å²) in [5.41, 5.74) is 4.59. The maximum absolute atomic E-state index is 13.4. The van der Waals surface area contributed by atoms with E-state index in [-0.39, 0.29) is 10.8 Å². The molecule has 3 aromatic carbocycles. The van der Waals surface area contributed by atoms with Crippen LogP contribution in [0.2, 0.25) is 0 Å². The Labute approximate surface area is 211 Å². The third kappa shape index (κ3) is 6.05. The topological polar surface area (TPSA) is 80.5 Å². The quantitative estimate of drug-likeness (QED) is 0.235. The maximum Gasteiger partial charge on any atom is 0.254 e. The first-order valence-electron chi connectivity index (χ1n) is 10.4. The van der Waals surface area contributed by atoms with Gasteiger partial charge in [0.2, 0.25) is 10.0 Å². The SMILES string of the molecule is NS(=O)(=O)c1ccc(CCN(Cc2ccccc2)C(=O)c2ccc(-c3cssc3=S)cc2)cc1. The molecule has 0 bridgehead atoms. The van der Waals surface area contributed by atoms with Crippen LogP contribution in [0.1, 0.15) is 21.5 Å². The van der Waals surface area contributed by atoms with Gasteiger partial charge in [-0.1, -0.05) is 87.5 Å². The molecule has 0 aliphatic rings. The monoisotopic (exact) mass is 526 g/mol. The van der Waals surface area contributed by atoms with Crippen molar-refractivity contribution in [2.75, 3.05) is 6.54 Å². The lowest BCUT2D eigenvalue weighted by Gasteiger charge is -2.23. The van der Waals surface area contributed by atoms with Gasteiger partial charge in [0, 0.05) is 29.6 Å². The summed E-state index contributed by atoms with van der Waals surface area (Å²) in [6.45, 7) is 0.950. The highest BCUT2D eigenvalue weighted by atomic mass is 32.9. The average molecular weight is 527 g/mol. The molecular formula is C25H22N2O3S4. The molecule has 1 aromatic heterocycles. The zero-order valence-corrected chi connectivity index (χ0v) is 21.4. The zero-order valence-electron chi connectivity index (χ0n) is 18.1. The maximum atomic E-state index is 13.4. The molecule has 0 spiro atoms. The smallest absolute Gasteiger partial charge is 0.254 e. The molecule has 5 nitrogen and oxygen atoms in total. The number of carbonyl (C=O) groups excluding carboxylic acids is 1. The fourth-order valence-corrected chi connectivity index (χ4v) is 6.45. The Bertz CT molecular complexity index is 1430. The number of nitrogens with two attached hydrogens (primary N) is 1. The van der Waals surface area contributed by atoms with Crippen LogP contribution < -0.4 is 5.14 Å². The van der Waals surface area contributed by atoms with Crippen molar-refractivity contribution in [3.8, 4) is 11.1 Å². The molecule has 4 aromatic rings. The lowest BCUT2D eigenvalue weighted by Crippen LogP contribution is -2.32. The third-order valence-corrected chi connectivity index (χ3v) is 8.97. The van der Waals surface area contributed by atoms with Crippen molar-refractivity contribution < 1.29 is 13.2 Å². The summed E-state index contributed by atoms with van der Waals surface area (Å²) in [6.07, 6.45) is 0.581. The van der Waals surface area contributed by atoms with Crippen LogP contribution in [0.15, 0.2) is 89.1 Å². The van der Waals surface area contributed by atoms with Crippen LogP contribution in [0, 0.1) is 3.82 Å². The molecule has 0 aliphatic heterocycles. The highest BCUT2D eigenvalue weighted by Crippen LogP contribution is 2.28. The van der Waals surface area contributed by atoms with Gasteiger partial charge in [-0.15, -0.1) is 0 Å². The Morgan fingerprint density at radius 2 is 1.59 bits per heavy atom. The van der Waals surface area contributed by atoms with E-state index in [1.165, 1.54) is 12.1 Å². The lowest BCUT2D eigenvalue weighted by atomic mass is 10.1. The predicted molar refractivity (Wildman–Crippen MR) is 141 cm³/mol. The summed E-state index contributed by atoms with van der Waals surface area (Å²) in [7, 11) is -0.564. The third-order valence-electron chi connectivity index (χ3n) is 5.38. The van der Waals surface area contributed by atoms with Gasteiger partial charge < -0.3 is 4.90 Å². The highest BCUT2D eigenvalue weighted by Gasteiger charge is 2.17. The Hall–Kier alpha value is -2.69. The van der Waals surface area contributed by atoms with Gasteiger partial charge in [-0.05, 0) is 47.4 Å². The summed E-state index contributed by atoms with van der Waals surface area (Å²) in [6, 6.07) is 23.8. The summed E-state index contributed by atoms with van der Waals surface area (Å²) < 4.78 is 23.8. The van der Waals surface area contributed by atoms with Gasteiger partial charge >= 0.3 is 0 Å². The van der Waals surface area contributed by atoms with E-state index >= 15 is 0 Å². The van der Waals surface area contributed by atoms with Crippen molar-refractivity contribution in [1.82, 2.24) is 4.90 Å². The van der Waals surface area contributed by atoms with Crippen LogP contribution in [0.25, 0.3) is 11.1 Å². The first kappa shape index (κ1) is 24.4. The van der Waals surface area contributed by atoms with Crippen molar-refractivity contribution in [2.24, 2.45) is 5.14 Å². The van der Waals surface area contributed by atoms with E-state index in [4.69, 9.17) is 17.4 Å². The molecule has 2 N–H and O–H groups in total. The standard InChI is InChI=1S/C25H22N2O3S4/c26-34(29,30)22-12-6-18(7-13-22)14-15-27(16-19-4-2-1-3-5-19)24(28)21-10-8-20(9-11-21)23-17-32-33-25(23)31/h1-13,17H,14-16H2,(H2,26,29,30). The second-order valence-electron chi connectivity index (χ2n) is 7.73. The molecule has 0 saturated carbocycles. The van der Waals surface area contributed by atoms with Gasteiger partial charge in [-0.2, -0.15) is 0 Å². The van der Waals surface area contributed by atoms with Crippen LogP contribution in [-0.4, -0.2) is 25.8 Å². The second-order valence-corrected chi connectivity index (χ2v) is 12.0. The minimum atomic E-state index is -3.73. The molecule has 0 saturated heterocycles. The normalized spacial score (nSPS) is 11.3. The Kier molecular flexibility index (Phi) is 7.70. The van der Waals surface area contributed by atoms with Crippen molar-refractivity contribution in [3.63, 3.8) is 0 Å². The molecule has 0 aliphatic carbocycles. The van der Waals surface area contributed by atoms with E-state index in [1.807, 2.05) is 64.9 Å². The van der Waals surface area contributed by atoms with Gasteiger partial charge in [0.15, 0.2) is 0 Å². The van der Waals surface area contributed by atoms with Gasteiger partial charge in [-0.25, -0.2) is 13.6 Å². The number of amides is 1. The summed E-state index contributed by atoms with van der Waals surface area (Å²) in [4.78, 5) is 15.3. The molecule has 34 heavy (non-hydrogen) atoms. The minimum Gasteiger partial charge on any atom is -0.334 e. The lowest BCUT2D eigenvalue weighted by molar-refractivity contribution is 0.0745. The zero-order chi connectivity index (χ0) is 24.1. The number of primary sulfonamides is 1. The molecule has 0 fully saturated rings. The second kappa shape index (κ2) is 10.7. The van der Waals surface area contributed by atoms with E-state index in [0.717, 1.165) is 26.1 Å². The van der Waals surface area contributed by atoms with Crippen LogP contribution in [0.3, 0.4) is 0 Å². The number of rotatable bonds is 8. The summed E-state index contributed by atoms with van der Waals surface area (Å²) in [5.74, 6) is -0.0664. The number of hydrogen-bond acceptors (Lipinski definition) is 6. The summed E-state index contributed by atoms with van der Waals surface area (Å²) >= 11 is 5.39. The van der Waals surface area contributed by atoms with Crippen LogP contribution in [0.4, 0.5) is 0 Å². The van der Waals surface area contributed by atoms with E-state index in [1.54, 1.807) is 32.8 Å². The first-order valence-corrected chi connectivity index (χ1v) is 14.6. The van der Waals surface area contributed by atoms with Crippen LogP contribution in [-0.2, 0) is 23.0 Å². The van der Waals surface area contributed by atoms with E-state index in [0.29, 0.717) is 25.1 Å². The number of benzene rings is 3. The van der Waals surface area contributed by atoms with Gasteiger partial charge in [0.25, 0.3) is 5.91 Å². The Balaban J connectivity index is 1.53. The predicted octanol–water partition coefficient (Wildman–Crippen LogP) is 5.74. The van der Waals surface area contributed by atoms with Crippen LogP contribution in [0.5, 0.6) is 0 Å². The molecule has 174 valence electrons. The van der Waals surface area contributed by atoms with Crippen LogP contribution >= 0.6 is 32.9 Å². The van der Waals surface area contributed by atoms with Gasteiger partial charge in [0.1, 0.15) is 3.82 Å². The van der Waals surface area contributed by atoms with E-state index in [9.17, 15) is 13.2 Å². The van der Waals surface area contributed by atoms with E-state index in [2.05, 4.69) is 0 Å². The largest absolute Gasteiger partial charge is 0.334 e. The highest BCUT2D eigenvalue weighted by molar-refractivity contribution is 7.89. The molecular weight excluding hydrogens is 505 g/mol. The molecule has 1 heterocycles. The van der Waals surface area contributed by atoms with Crippen molar-refractivity contribution in [2.45, 2.75) is 17.9 Å². The Morgan fingerprint density at radius 1 is 0.912 bits per heavy atom. The van der Waals surface area contributed by atoms with Crippen molar-refractivity contribution in [3.05, 3.63) is 105 Å². The van der Waals surface area contributed by atoms with Gasteiger partial charge in [0.05, 0.1) is 4.90 Å². The summed E-state index contributed by atoms with van der Waals surface area (Å²) in [5, 5.41) is 7.22. The fraction of sp³-hybridized carbons (Fsp3) is 0.120. The van der Waals surface area contributed by atoms with Crippen molar-refractivity contribution >= 4 is 48.8 Å². The number of hydrogen-bond donors (Lipinski definition) is 1. The molecule has 0 atom stereocenters. The fourth-order valence-electron chi connectivity index (χ4n) is 3.54. The first-order chi connectivity index (χ1) is 16.3. The molecule has 9 heteroatoms. The molecule has 0 unspecified atom stereocenters.